The van der Waals surface area contributed by atoms with Gasteiger partial charge in [0, 0.05) is 5.69 Å². The molecule has 1 saturated heterocycles. The summed E-state index contributed by atoms with van der Waals surface area (Å²) in [4.78, 5) is 22.8. The molecule has 6 heteroatoms. The number of rotatable bonds is 3. The Bertz CT molecular complexity index is 591. The van der Waals surface area contributed by atoms with Crippen molar-refractivity contribution in [3.63, 3.8) is 0 Å². The molecule has 2 rings (SSSR count). The van der Waals surface area contributed by atoms with Crippen LogP contribution in [0.3, 0.4) is 0 Å². The molecular formula is C14H14N2O4. The molecule has 0 radical (unpaired) electrons. The number of carboxylic acids is 1. The first-order chi connectivity index (χ1) is 9.51. The van der Waals surface area contributed by atoms with Gasteiger partial charge < -0.3 is 15.2 Å². The summed E-state index contributed by atoms with van der Waals surface area (Å²) >= 11 is 0. The summed E-state index contributed by atoms with van der Waals surface area (Å²) in [6.07, 6.45) is -0.983. The molecule has 1 fully saturated rings. The summed E-state index contributed by atoms with van der Waals surface area (Å²) in [5, 5.41) is 20.3. The van der Waals surface area contributed by atoms with E-state index in [-0.39, 0.29) is 5.91 Å². The van der Waals surface area contributed by atoms with E-state index in [0.717, 1.165) is 5.56 Å². The van der Waals surface area contributed by atoms with Crippen LogP contribution in [0, 0.1) is 18.3 Å². The van der Waals surface area contributed by atoms with Crippen LogP contribution in [0.5, 0.6) is 0 Å². The highest BCUT2D eigenvalue weighted by atomic mass is 16.5. The average Bonchev–Trinajstić information content (AvgIpc) is 2.91. The summed E-state index contributed by atoms with van der Waals surface area (Å²) in [7, 11) is 0. The third-order valence-electron chi connectivity index (χ3n) is 3.21. The maximum atomic E-state index is 12.0. The van der Waals surface area contributed by atoms with E-state index in [1.807, 2.05) is 13.0 Å². The Hall–Kier alpha value is -2.39. The SMILES string of the molecule is Cc1ccc(C#N)cc1NC(=O)[C@@H]1CC[C@H](C(=O)O)O1. The lowest BCUT2D eigenvalue weighted by Gasteiger charge is -2.13. The quantitative estimate of drug-likeness (QED) is 0.868. The number of nitriles is 1. The van der Waals surface area contributed by atoms with Gasteiger partial charge in [-0.15, -0.1) is 0 Å². The van der Waals surface area contributed by atoms with Crippen LogP contribution in [0.4, 0.5) is 5.69 Å². The van der Waals surface area contributed by atoms with Gasteiger partial charge in [0.15, 0.2) is 6.10 Å². The van der Waals surface area contributed by atoms with Crippen LogP contribution in [0.15, 0.2) is 18.2 Å². The van der Waals surface area contributed by atoms with Gasteiger partial charge in [0.25, 0.3) is 5.91 Å². The fourth-order valence-corrected chi connectivity index (χ4v) is 2.05. The van der Waals surface area contributed by atoms with E-state index < -0.39 is 18.2 Å². The molecule has 0 spiro atoms. The number of carbonyl (C=O) groups is 2. The van der Waals surface area contributed by atoms with E-state index in [1.165, 1.54) is 0 Å². The van der Waals surface area contributed by atoms with Crippen molar-refractivity contribution in [1.29, 1.82) is 5.26 Å². The van der Waals surface area contributed by atoms with Crippen LogP contribution in [-0.2, 0) is 14.3 Å². The monoisotopic (exact) mass is 274 g/mol. The molecule has 0 aliphatic carbocycles. The number of amides is 1. The number of nitrogens with zero attached hydrogens (tertiary/aromatic N) is 1. The van der Waals surface area contributed by atoms with Crippen LogP contribution >= 0.6 is 0 Å². The first kappa shape index (κ1) is 14.0. The maximum Gasteiger partial charge on any atom is 0.332 e. The van der Waals surface area contributed by atoms with E-state index >= 15 is 0 Å². The first-order valence-corrected chi connectivity index (χ1v) is 6.21. The van der Waals surface area contributed by atoms with E-state index in [2.05, 4.69) is 5.32 Å². The summed E-state index contributed by atoms with van der Waals surface area (Å²) in [6, 6.07) is 6.98. The Morgan fingerprint density at radius 1 is 1.40 bits per heavy atom. The van der Waals surface area contributed by atoms with Crippen molar-refractivity contribution in [2.75, 3.05) is 5.32 Å². The molecule has 0 saturated carbocycles. The molecule has 2 N–H and O–H groups in total. The maximum absolute atomic E-state index is 12.0. The van der Waals surface area contributed by atoms with Crippen molar-refractivity contribution in [1.82, 2.24) is 0 Å². The van der Waals surface area contributed by atoms with E-state index in [9.17, 15) is 9.59 Å². The van der Waals surface area contributed by atoms with Crippen molar-refractivity contribution >= 4 is 17.6 Å². The summed E-state index contributed by atoms with van der Waals surface area (Å²) in [5.41, 5.74) is 1.81. The molecule has 0 unspecified atom stereocenters. The minimum absolute atomic E-state index is 0.324. The Labute approximate surface area is 116 Å². The predicted octanol–water partition coefficient (Wildman–Crippen LogP) is 1.44. The number of aryl methyl sites for hydroxylation is 1. The molecule has 1 aromatic carbocycles. The smallest absolute Gasteiger partial charge is 0.332 e. The normalized spacial score (nSPS) is 21.2. The summed E-state index contributed by atoms with van der Waals surface area (Å²) in [5.74, 6) is -1.44. The Balaban J connectivity index is 2.06. The lowest BCUT2D eigenvalue weighted by atomic mass is 10.1. The van der Waals surface area contributed by atoms with Crippen LogP contribution < -0.4 is 5.32 Å². The van der Waals surface area contributed by atoms with E-state index in [4.69, 9.17) is 15.1 Å². The zero-order valence-electron chi connectivity index (χ0n) is 10.9. The number of hydrogen-bond acceptors (Lipinski definition) is 4. The highest BCUT2D eigenvalue weighted by Gasteiger charge is 2.34. The van der Waals surface area contributed by atoms with Crippen LogP contribution in [0.25, 0.3) is 0 Å². The molecule has 1 aliphatic heterocycles. The van der Waals surface area contributed by atoms with E-state index in [0.29, 0.717) is 24.1 Å². The predicted molar refractivity (Wildman–Crippen MR) is 70.1 cm³/mol. The molecule has 20 heavy (non-hydrogen) atoms. The highest BCUT2D eigenvalue weighted by molar-refractivity contribution is 5.95. The van der Waals surface area contributed by atoms with Crippen molar-refractivity contribution in [3.8, 4) is 6.07 Å². The standard InChI is InChI=1S/C14H14N2O4/c1-8-2-3-9(7-15)6-10(8)16-13(17)11-4-5-12(20-11)14(18)19/h2-3,6,11-12H,4-5H2,1H3,(H,16,17)(H,18,19)/t11-,12+/m0/s1. The minimum Gasteiger partial charge on any atom is -0.479 e. The Kier molecular flexibility index (Phi) is 4.01. The largest absolute Gasteiger partial charge is 0.479 e. The van der Waals surface area contributed by atoms with Gasteiger partial charge in [0.2, 0.25) is 0 Å². The average molecular weight is 274 g/mol. The van der Waals surface area contributed by atoms with Crippen molar-refractivity contribution in [2.45, 2.75) is 32.0 Å². The molecule has 0 aromatic heterocycles. The fourth-order valence-electron chi connectivity index (χ4n) is 2.05. The lowest BCUT2D eigenvalue weighted by molar-refractivity contribution is -0.150. The highest BCUT2D eigenvalue weighted by Crippen LogP contribution is 2.23. The van der Waals surface area contributed by atoms with Crippen LogP contribution in [0.1, 0.15) is 24.0 Å². The van der Waals surface area contributed by atoms with Gasteiger partial charge in [-0.25, -0.2) is 4.79 Å². The summed E-state index contributed by atoms with van der Waals surface area (Å²) in [6.45, 7) is 1.81. The molecule has 1 heterocycles. The Morgan fingerprint density at radius 3 is 2.70 bits per heavy atom. The number of benzene rings is 1. The zero-order chi connectivity index (χ0) is 14.7. The first-order valence-electron chi connectivity index (χ1n) is 6.21. The zero-order valence-corrected chi connectivity index (χ0v) is 10.9. The second-order valence-corrected chi connectivity index (χ2v) is 4.66. The van der Waals surface area contributed by atoms with Crippen molar-refractivity contribution in [2.24, 2.45) is 0 Å². The molecule has 1 aliphatic rings. The lowest BCUT2D eigenvalue weighted by Crippen LogP contribution is -2.30. The van der Waals surface area contributed by atoms with Gasteiger partial charge in [-0.05, 0) is 37.5 Å². The van der Waals surface area contributed by atoms with Crippen molar-refractivity contribution in [3.05, 3.63) is 29.3 Å². The van der Waals surface area contributed by atoms with Gasteiger partial charge >= 0.3 is 5.97 Å². The topological polar surface area (TPSA) is 99.4 Å². The van der Waals surface area contributed by atoms with Crippen molar-refractivity contribution < 1.29 is 19.4 Å². The molecule has 1 amide bonds. The second kappa shape index (κ2) is 5.72. The fraction of sp³-hybridized carbons (Fsp3) is 0.357. The molecular weight excluding hydrogens is 260 g/mol. The molecule has 1 aromatic rings. The molecule has 2 atom stereocenters. The third-order valence-corrected chi connectivity index (χ3v) is 3.21. The van der Waals surface area contributed by atoms with E-state index in [1.54, 1.807) is 18.2 Å². The number of carbonyl (C=O) groups excluding carboxylic acids is 1. The van der Waals surface area contributed by atoms with Gasteiger partial charge in [-0.1, -0.05) is 6.07 Å². The minimum atomic E-state index is -1.05. The number of carboxylic acid groups (broad SMARTS) is 1. The van der Waals surface area contributed by atoms with Gasteiger partial charge in [-0.2, -0.15) is 5.26 Å². The number of aliphatic carboxylic acids is 1. The molecule has 0 bridgehead atoms. The molecule has 104 valence electrons. The third kappa shape index (κ3) is 2.95. The summed E-state index contributed by atoms with van der Waals surface area (Å²) < 4.78 is 5.18. The van der Waals surface area contributed by atoms with Gasteiger partial charge in [-0.3, -0.25) is 4.79 Å². The van der Waals surface area contributed by atoms with Crippen LogP contribution in [0.2, 0.25) is 0 Å². The van der Waals surface area contributed by atoms with Gasteiger partial charge in [0.1, 0.15) is 6.10 Å². The Morgan fingerprint density at radius 2 is 2.10 bits per heavy atom. The van der Waals surface area contributed by atoms with Crippen LogP contribution in [-0.4, -0.2) is 29.2 Å². The number of anilines is 1. The molecule has 6 nitrogen and oxygen atoms in total. The number of hydrogen-bond donors (Lipinski definition) is 2. The van der Waals surface area contributed by atoms with Gasteiger partial charge in [0.05, 0.1) is 11.6 Å². The number of nitrogens with one attached hydrogen (secondary N) is 1. The second-order valence-electron chi connectivity index (χ2n) is 4.66. The number of ether oxygens (including phenoxy) is 1.